The van der Waals surface area contributed by atoms with Gasteiger partial charge in [0.1, 0.15) is 0 Å². The standard InChI is InChI=1S/C20H25N3/c1-20(2,3)18-10-6-16(7-11-18)14-21-22-15-17-8-12-19(13-9-17)23(4)5/h6-15H,1-5H3/b21-14+,22-15+. The van der Waals surface area contributed by atoms with E-state index in [1.54, 1.807) is 12.4 Å². The van der Waals surface area contributed by atoms with Gasteiger partial charge in [0.25, 0.3) is 0 Å². The van der Waals surface area contributed by atoms with Crippen LogP contribution in [0.25, 0.3) is 0 Å². The highest BCUT2D eigenvalue weighted by Crippen LogP contribution is 2.21. The van der Waals surface area contributed by atoms with Crippen molar-refractivity contribution in [1.29, 1.82) is 0 Å². The van der Waals surface area contributed by atoms with E-state index in [9.17, 15) is 0 Å². The van der Waals surface area contributed by atoms with E-state index in [0.717, 1.165) is 11.1 Å². The third-order valence-electron chi connectivity index (χ3n) is 3.67. The average Bonchev–Trinajstić information content (AvgIpc) is 2.51. The van der Waals surface area contributed by atoms with Crippen molar-refractivity contribution in [1.82, 2.24) is 0 Å². The SMILES string of the molecule is CN(C)c1ccc(/C=N/N=C/c2ccc(C(C)(C)C)cc2)cc1. The summed E-state index contributed by atoms with van der Waals surface area (Å²) in [4.78, 5) is 2.07. The molecule has 2 rings (SSSR count). The van der Waals surface area contributed by atoms with Gasteiger partial charge >= 0.3 is 0 Å². The second-order valence-corrected chi connectivity index (χ2v) is 6.85. The molecule has 3 nitrogen and oxygen atoms in total. The zero-order chi connectivity index (χ0) is 16.9. The van der Waals surface area contributed by atoms with Crippen LogP contribution in [0.2, 0.25) is 0 Å². The van der Waals surface area contributed by atoms with E-state index in [4.69, 9.17) is 0 Å². The normalized spacial score (nSPS) is 12.2. The molecule has 120 valence electrons. The topological polar surface area (TPSA) is 28.0 Å². The van der Waals surface area contributed by atoms with Crippen LogP contribution in [-0.4, -0.2) is 26.5 Å². The summed E-state index contributed by atoms with van der Waals surface area (Å²) in [6.07, 6.45) is 3.54. The maximum Gasteiger partial charge on any atom is 0.0568 e. The van der Waals surface area contributed by atoms with Crippen LogP contribution in [0.15, 0.2) is 58.7 Å². The van der Waals surface area contributed by atoms with Crippen LogP contribution in [0.4, 0.5) is 5.69 Å². The minimum atomic E-state index is 0.173. The summed E-state index contributed by atoms with van der Waals surface area (Å²) in [5.41, 5.74) is 4.75. The number of hydrogen-bond acceptors (Lipinski definition) is 3. The summed E-state index contributed by atoms with van der Waals surface area (Å²) in [6, 6.07) is 16.6. The van der Waals surface area contributed by atoms with Crippen LogP contribution in [-0.2, 0) is 5.41 Å². The van der Waals surface area contributed by atoms with Crippen molar-refractivity contribution in [3.63, 3.8) is 0 Å². The van der Waals surface area contributed by atoms with Gasteiger partial charge in [-0.1, -0.05) is 57.2 Å². The highest BCUT2D eigenvalue weighted by Gasteiger charge is 2.12. The third-order valence-corrected chi connectivity index (χ3v) is 3.67. The van der Waals surface area contributed by atoms with Crippen molar-refractivity contribution in [3.05, 3.63) is 65.2 Å². The number of rotatable bonds is 4. The second kappa shape index (κ2) is 7.23. The van der Waals surface area contributed by atoms with E-state index < -0.39 is 0 Å². The number of hydrogen-bond donors (Lipinski definition) is 0. The Kier molecular flexibility index (Phi) is 5.32. The number of nitrogens with zero attached hydrogens (tertiary/aromatic N) is 3. The Morgan fingerprint density at radius 1 is 0.739 bits per heavy atom. The van der Waals surface area contributed by atoms with Gasteiger partial charge in [0, 0.05) is 19.8 Å². The molecule has 23 heavy (non-hydrogen) atoms. The summed E-state index contributed by atoms with van der Waals surface area (Å²) >= 11 is 0. The third kappa shape index (κ3) is 5.06. The van der Waals surface area contributed by atoms with Crippen LogP contribution >= 0.6 is 0 Å². The van der Waals surface area contributed by atoms with E-state index in [0.29, 0.717) is 0 Å². The second-order valence-electron chi connectivity index (χ2n) is 6.85. The molecular weight excluding hydrogens is 282 g/mol. The van der Waals surface area contributed by atoms with Gasteiger partial charge in [-0.3, -0.25) is 0 Å². The highest BCUT2D eigenvalue weighted by molar-refractivity contribution is 5.83. The molecule has 0 fully saturated rings. The van der Waals surface area contributed by atoms with Crippen molar-refractivity contribution in [2.24, 2.45) is 10.2 Å². The number of anilines is 1. The van der Waals surface area contributed by atoms with E-state index in [-0.39, 0.29) is 5.41 Å². The largest absolute Gasteiger partial charge is 0.378 e. The smallest absolute Gasteiger partial charge is 0.0568 e. The molecule has 0 radical (unpaired) electrons. The maximum absolute atomic E-state index is 4.12. The lowest BCUT2D eigenvalue weighted by atomic mass is 9.87. The van der Waals surface area contributed by atoms with Gasteiger partial charge < -0.3 is 4.90 Å². The molecule has 0 spiro atoms. The van der Waals surface area contributed by atoms with Crippen LogP contribution < -0.4 is 4.90 Å². The van der Waals surface area contributed by atoms with Crippen LogP contribution in [0.3, 0.4) is 0 Å². The highest BCUT2D eigenvalue weighted by atomic mass is 15.2. The van der Waals surface area contributed by atoms with Crippen molar-refractivity contribution < 1.29 is 0 Å². The first-order valence-electron chi connectivity index (χ1n) is 7.80. The van der Waals surface area contributed by atoms with Gasteiger partial charge in [0.15, 0.2) is 0 Å². The summed E-state index contributed by atoms with van der Waals surface area (Å²) in [5.74, 6) is 0. The predicted octanol–water partition coefficient (Wildman–Crippen LogP) is 4.50. The average molecular weight is 307 g/mol. The molecule has 0 aliphatic rings. The van der Waals surface area contributed by atoms with Crippen LogP contribution in [0, 0.1) is 0 Å². The van der Waals surface area contributed by atoms with Crippen molar-refractivity contribution in [3.8, 4) is 0 Å². The van der Waals surface area contributed by atoms with Crippen molar-refractivity contribution in [2.75, 3.05) is 19.0 Å². The molecule has 0 bridgehead atoms. The first-order valence-corrected chi connectivity index (χ1v) is 7.80. The van der Waals surface area contributed by atoms with E-state index >= 15 is 0 Å². The Hall–Kier alpha value is -2.42. The fraction of sp³-hybridized carbons (Fsp3) is 0.300. The zero-order valence-electron chi connectivity index (χ0n) is 14.6. The minimum Gasteiger partial charge on any atom is -0.378 e. The Morgan fingerprint density at radius 2 is 1.17 bits per heavy atom. The Labute approximate surface area is 139 Å². The maximum atomic E-state index is 4.12. The molecule has 2 aromatic rings. The molecule has 0 unspecified atom stereocenters. The summed E-state index contributed by atoms with van der Waals surface area (Å²) in [5, 5.41) is 8.23. The quantitative estimate of drug-likeness (QED) is 0.603. The Balaban J connectivity index is 1.98. The molecule has 0 aliphatic heterocycles. The molecule has 0 amide bonds. The first-order chi connectivity index (χ1) is 10.9. The molecule has 0 atom stereocenters. The molecule has 2 aromatic carbocycles. The first kappa shape index (κ1) is 16.9. The van der Waals surface area contributed by atoms with Gasteiger partial charge in [-0.15, -0.1) is 0 Å². The fourth-order valence-electron chi connectivity index (χ4n) is 2.13. The Morgan fingerprint density at radius 3 is 1.57 bits per heavy atom. The molecule has 0 N–H and O–H groups in total. The molecular formula is C20H25N3. The molecule has 3 heteroatoms. The van der Waals surface area contributed by atoms with Gasteiger partial charge in [0.2, 0.25) is 0 Å². The summed E-state index contributed by atoms with van der Waals surface area (Å²) < 4.78 is 0. The molecule has 0 saturated heterocycles. The number of benzene rings is 2. The lowest BCUT2D eigenvalue weighted by Crippen LogP contribution is -2.10. The molecule has 0 saturated carbocycles. The van der Waals surface area contributed by atoms with E-state index in [2.05, 4.69) is 72.3 Å². The summed E-state index contributed by atoms with van der Waals surface area (Å²) in [6.45, 7) is 6.63. The zero-order valence-corrected chi connectivity index (χ0v) is 14.6. The van der Waals surface area contributed by atoms with Crippen molar-refractivity contribution >= 4 is 18.1 Å². The van der Waals surface area contributed by atoms with Crippen LogP contribution in [0.5, 0.6) is 0 Å². The van der Waals surface area contributed by atoms with Crippen LogP contribution in [0.1, 0.15) is 37.5 Å². The van der Waals surface area contributed by atoms with Gasteiger partial charge in [-0.25, -0.2) is 0 Å². The van der Waals surface area contributed by atoms with Crippen molar-refractivity contribution in [2.45, 2.75) is 26.2 Å². The fourth-order valence-corrected chi connectivity index (χ4v) is 2.13. The monoisotopic (exact) mass is 307 g/mol. The van der Waals surface area contributed by atoms with E-state index in [1.807, 2.05) is 26.2 Å². The molecule has 0 heterocycles. The minimum absolute atomic E-state index is 0.173. The molecule has 0 aliphatic carbocycles. The van der Waals surface area contributed by atoms with Gasteiger partial charge in [-0.2, -0.15) is 10.2 Å². The summed E-state index contributed by atoms with van der Waals surface area (Å²) in [7, 11) is 4.05. The van der Waals surface area contributed by atoms with E-state index in [1.165, 1.54) is 11.3 Å². The Bertz CT molecular complexity index is 672. The lowest BCUT2D eigenvalue weighted by Gasteiger charge is -2.18. The van der Waals surface area contributed by atoms with Gasteiger partial charge in [0.05, 0.1) is 12.4 Å². The molecule has 0 aromatic heterocycles. The van der Waals surface area contributed by atoms with Gasteiger partial charge in [-0.05, 0) is 34.2 Å². The lowest BCUT2D eigenvalue weighted by molar-refractivity contribution is 0.590. The predicted molar refractivity (Wildman–Crippen MR) is 101 cm³/mol.